The SMILES string of the molecule is COCCNC(=O)c1ccc2c(n1)[C@@H](C)CCN2C1=NCc2nc(N3CCC4(CC3)CO[C@@H](C)[C@H]4N)cnc21. The zero-order chi connectivity index (χ0) is 27.1. The number of aliphatic imine (C=N–C) groups is 1. The van der Waals surface area contributed by atoms with E-state index < -0.39 is 0 Å². The Bertz CT molecular complexity index is 1280. The van der Waals surface area contributed by atoms with Crippen LogP contribution in [0, 0.1) is 5.41 Å². The standard InChI is InChI=1S/C28H38N8O3/c1-17-6-10-36(21-5-4-19(34-23(17)21)27(37)30-9-13-38-3)26-24-20(14-32-26)33-22(15-31-24)35-11-7-28(8-12-35)16-39-18(2)25(28)29/h4-5,15,17-18,25H,6-14,16,29H2,1-3H3,(H,30,37)/t17-,18-,25+/m0/s1. The Morgan fingerprint density at radius 3 is 2.79 bits per heavy atom. The molecule has 1 amide bonds. The van der Waals surface area contributed by atoms with Gasteiger partial charge in [-0.15, -0.1) is 0 Å². The third-order valence-electron chi connectivity index (χ3n) is 8.88. The first kappa shape index (κ1) is 26.1. The van der Waals surface area contributed by atoms with Gasteiger partial charge in [-0.2, -0.15) is 0 Å². The topological polar surface area (TPSA) is 131 Å². The maximum Gasteiger partial charge on any atom is 0.269 e. The van der Waals surface area contributed by atoms with Crippen molar-refractivity contribution in [1.82, 2.24) is 20.3 Å². The van der Waals surface area contributed by atoms with E-state index in [9.17, 15) is 4.79 Å². The summed E-state index contributed by atoms with van der Waals surface area (Å²) in [4.78, 5) is 36.6. The first-order valence-corrected chi connectivity index (χ1v) is 14.0. The molecule has 0 aliphatic carbocycles. The molecule has 0 unspecified atom stereocenters. The molecular weight excluding hydrogens is 496 g/mol. The Morgan fingerprint density at radius 1 is 1.23 bits per heavy atom. The highest BCUT2D eigenvalue weighted by Gasteiger charge is 2.47. The second kappa shape index (κ2) is 10.4. The van der Waals surface area contributed by atoms with Crippen LogP contribution in [-0.2, 0) is 16.0 Å². The van der Waals surface area contributed by atoms with E-state index in [1.807, 2.05) is 12.3 Å². The Labute approximate surface area is 229 Å². The Hall–Kier alpha value is -3.15. The molecule has 208 valence electrons. The van der Waals surface area contributed by atoms with E-state index >= 15 is 0 Å². The average molecular weight is 535 g/mol. The minimum absolute atomic E-state index is 0.0770. The molecule has 2 aromatic heterocycles. The van der Waals surface area contributed by atoms with Gasteiger partial charge in [-0.05, 0) is 38.3 Å². The minimum atomic E-state index is -0.193. The maximum atomic E-state index is 12.6. The minimum Gasteiger partial charge on any atom is -0.383 e. The van der Waals surface area contributed by atoms with Crippen LogP contribution < -0.4 is 20.9 Å². The zero-order valence-electron chi connectivity index (χ0n) is 23.0. The molecule has 0 radical (unpaired) electrons. The van der Waals surface area contributed by atoms with Crippen LogP contribution in [0.3, 0.4) is 0 Å². The van der Waals surface area contributed by atoms with Crippen LogP contribution in [0.5, 0.6) is 0 Å². The van der Waals surface area contributed by atoms with Crippen LogP contribution in [-0.4, -0.2) is 85.3 Å². The number of fused-ring (bicyclic) bond motifs is 2. The fraction of sp³-hybridized carbons (Fsp3) is 0.607. The third kappa shape index (κ3) is 4.66. The van der Waals surface area contributed by atoms with Gasteiger partial charge < -0.3 is 30.3 Å². The number of carbonyl (C=O) groups excluding carboxylic acids is 1. The molecule has 0 bridgehead atoms. The molecule has 2 saturated heterocycles. The Morgan fingerprint density at radius 2 is 2.05 bits per heavy atom. The summed E-state index contributed by atoms with van der Waals surface area (Å²) in [6.07, 6.45) is 4.91. The molecule has 6 rings (SSSR count). The van der Waals surface area contributed by atoms with Gasteiger partial charge in [-0.25, -0.2) is 15.0 Å². The fourth-order valence-electron chi connectivity index (χ4n) is 6.30. The first-order valence-electron chi connectivity index (χ1n) is 14.0. The summed E-state index contributed by atoms with van der Waals surface area (Å²) in [6, 6.07) is 3.85. The Kier molecular flexibility index (Phi) is 6.98. The number of amidine groups is 1. The quantitative estimate of drug-likeness (QED) is 0.552. The molecule has 2 fully saturated rings. The third-order valence-corrected chi connectivity index (χ3v) is 8.88. The number of piperidine rings is 1. The van der Waals surface area contributed by atoms with Crippen LogP contribution in [0.25, 0.3) is 0 Å². The average Bonchev–Trinajstić information content (AvgIpc) is 3.50. The van der Waals surface area contributed by atoms with Crippen molar-refractivity contribution in [1.29, 1.82) is 0 Å². The zero-order valence-corrected chi connectivity index (χ0v) is 23.0. The largest absolute Gasteiger partial charge is 0.383 e. The molecule has 0 saturated carbocycles. The van der Waals surface area contributed by atoms with Crippen LogP contribution in [0.1, 0.15) is 66.6 Å². The van der Waals surface area contributed by atoms with Crippen LogP contribution in [0.15, 0.2) is 23.3 Å². The number of anilines is 2. The van der Waals surface area contributed by atoms with Crippen molar-refractivity contribution in [3.05, 3.63) is 41.1 Å². The van der Waals surface area contributed by atoms with Crippen molar-refractivity contribution in [2.24, 2.45) is 16.1 Å². The van der Waals surface area contributed by atoms with Gasteiger partial charge >= 0.3 is 0 Å². The summed E-state index contributed by atoms with van der Waals surface area (Å²) in [5, 5.41) is 2.85. The monoisotopic (exact) mass is 534 g/mol. The summed E-state index contributed by atoms with van der Waals surface area (Å²) in [5.74, 6) is 1.78. The highest BCUT2D eigenvalue weighted by molar-refractivity contribution is 6.11. The number of rotatable bonds is 5. The molecule has 3 N–H and O–H groups in total. The van der Waals surface area contributed by atoms with E-state index in [-0.39, 0.29) is 29.4 Å². The summed E-state index contributed by atoms with van der Waals surface area (Å²) >= 11 is 0. The molecule has 1 spiro atoms. The van der Waals surface area contributed by atoms with E-state index in [1.54, 1.807) is 13.2 Å². The van der Waals surface area contributed by atoms with Gasteiger partial charge in [0.25, 0.3) is 5.91 Å². The number of pyridine rings is 1. The number of carbonyl (C=O) groups is 1. The molecule has 11 heteroatoms. The van der Waals surface area contributed by atoms with E-state index in [2.05, 4.69) is 29.0 Å². The number of hydrogen-bond acceptors (Lipinski definition) is 10. The van der Waals surface area contributed by atoms with E-state index in [1.165, 1.54) is 0 Å². The number of nitrogens with zero attached hydrogens (tertiary/aromatic N) is 6. The molecule has 3 atom stereocenters. The Balaban J connectivity index is 1.18. The number of aromatic nitrogens is 3. The smallest absolute Gasteiger partial charge is 0.269 e. The van der Waals surface area contributed by atoms with Gasteiger partial charge in [0.1, 0.15) is 17.2 Å². The van der Waals surface area contributed by atoms with Crippen molar-refractivity contribution in [2.45, 2.75) is 57.7 Å². The van der Waals surface area contributed by atoms with Crippen molar-refractivity contribution in [2.75, 3.05) is 56.3 Å². The summed E-state index contributed by atoms with van der Waals surface area (Å²) in [6.45, 7) is 9.01. The molecule has 6 heterocycles. The van der Waals surface area contributed by atoms with Gasteiger partial charge in [-0.3, -0.25) is 9.79 Å². The predicted octanol–water partition coefficient (Wildman–Crippen LogP) is 1.85. The lowest BCUT2D eigenvalue weighted by atomic mass is 9.73. The normalized spacial score (nSPS) is 25.4. The summed E-state index contributed by atoms with van der Waals surface area (Å²) in [5.41, 5.74) is 10.6. The number of hydrogen-bond donors (Lipinski definition) is 2. The van der Waals surface area contributed by atoms with Gasteiger partial charge in [0.05, 0.1) is 49.1 Å². The molecule has 2 aromatic rings. The van der Waals surface area contributed by atoms with Crippen molar-refractivity contribution >= 4 is 23.2 Å². The second-order valence-corrected chi connectivity index (χ2v) is 11.2. The highest BCUT2D eigenvalue weighted by atomic mass is 16.5. The second-order valence-electron chi connectivity index (χ2n) is 11.2. The van der Waals surface area contributed by atoms with Gasteiger partial charge in [0, 0.05) is 50.7 Å². The summed E-state index contributed by atoms with van der Waals surface area (Å²) < 4.78 is 10.9. The fourth-order valence-corrected chi connectivity index (χ4v) is 6.30. The molecule has 11 nitrogen and oxygen atoms in total. The van der Waals surface area contributed by atoms with E-state index in [0.29, 0.717) is 25.4 Å². The lowest BCUT2D eigenvalue weighted by Gasteiger charge is -2.41. The molecule has 39 heavy (non-hydrogen) atoms. The van der Waals surface area contributed by atoms with Crippen LogP contribution >= 0.6 is 0 Å². The molecule has 0 aromatic carbocycles. The van der Waals surface area contributed by atoms with Gasteiger partial charge in [0.15, 0.2) is 5.84 Å². The highest BCUT2D eigenvalue weighted by Crippen LogP contribution is 2.42. The summed E-state index contributed by atoms with van der Waals surface area (Å²) in [7, 11) is 1.61. The van der Waals surface area contributed by atoms with Crippen molar-refractivity contribution in [3.63, 3.8) is 0 Å². The number of methoxy groups -OCH3 is 1. The van der Waals surface area contributed by atoms with E-state index in [4.69, 9.17) is 35.2 Å². The van der Waals surface area contributed by atoms with E-state index in [0.717, 1.165) is 79.9 Å². The van der Waals surface area contributed by atoms with Crippen molar-refractivity contribution in [3.8, 4) is 0 Å². The molecular formula is C28H38N8O3. The van der Waals surface area contributed by atoms with Gasteiger partial charge in [-0.1, -0.05) is 6.92 Å². The first-order chi connectivity index (χ1) is 18.9. The number of amides is 1. The molecule has 4 aliphatic heterocycles. The lowest BCUT2D eigenvalue weighted by molar-refractivity contribution is 0.0931. The van der Waals surface area contributed by atoms with Crippen LogP contribution in [0.4, 0.5) is 11.5 Å². The molecule has 4 aliphatic rings. The lowest BCUT2D eigenvalue weighted by Crippen LogP contribution is -2.50. The number of nitrogens with two attached hydrogens (primary N) is 1. The maximum absolute atomic E-state index is 12.6. The van der Waals surface area contributed by atoms with Crippen LogP contribution in [0.2, 0.25) is 0 Å². The van der Waals surface area contributed by atoms with Gasteiger partial charge in [0.2, 0.25) is 0 Å². The predicted molar refractivity (Wildman–Crippen MR) is 148 cm³/mol. The number of nitrogens with one attached hydrogen (secondary N) is 1. The number of ether oxygens (including phenoxy) is 2. The van der Waals surface area contributed by atoms with Crippen molar-refractivity contribution < 1.29 is 14.3 Å².